The van der Waals surface area contributed by atoms with Crippen LogP contribution in [-0.2, 0) is 9.59 Å². The first kappa shape index (κ1) is 22.6. The molecule has 0 aromatic heterocycles. The fraction of sp³-hybridized carbons (Fsp3) is 0.227. The lowest BCUT2D eigenvalue weighted by Gasteiger charge is -2.14. The van der Waals surface area contributed by atoms with E-state index in [0.29, 0.717) is 32.2 Å². The molecule has 0 aliphatic carbocycles. The van der Waals surface area contributed by atoms with Crippen molar-refractivity contribution in [3.63, 3.8) is 0 Å². The number of nitrogens with zero attached hydrogens (tertiary/aromatic N) is 1. The molecule has 7 nitrogen and oxygen atoms in total. The molecular weight excluding hydrogens is 436 g/mol. The van der Waals surface area contributed by atoms with Crippen molar-refractivity contribution < 1.29 is 23.8 Å². The molecular formula is C22H22N2O5S2. The summed E-state index contributed by atoms with van der Waals surface area (Å²) in [6.07, 6.45) is 1.88. The van der Waals surface area contributed by atoms with Crippen LogP contribution in [0.5, 0.6) is 17.2 Å². The quantitative estimate of drug-likeness (QED) is 0.474. The molecule has 0 spiro atoms. The fourth-order valence-corrected chi connectivity index (χ4v) is 4.21. The molecule has 3 rings (SSSR count). The molecule has 0 saturated carbocycles. The normalized spacial score (nSPS) is 14.7. The summed E-state index contributed by atoms with van der Waals surface area (Å²) >= 11 is 6.56. The van der Waals surface area contributed by atoms with Crippen LogP contribution in [0.25, 0.3) is 6.08 Å². The first-order valence-electron chi connectivity index (χ1n) is 9.36. The van der Waals surface area contributed by atoms with E-state index in [9.17, 15) is 9.59 Å². The number of carbonyl (C=O) groups is 2. The minimum Gasteiger partial charge on any atom is -0.497 e. The lowest BCUT2D eigenvalue weighted by molar-refractivity contribution is -0.122. The Balaban J connectivity index is 1.62. The van der Waals surface area contributed by atoms with Gasteiger partial charge in [0, 0.05) is 18.7 Å². The van der Waals surface area contributed by atoms with Crippen molar-refractivity contribution in [3.05, 3.63) is 52.9 Å². The van der Waals surface area contributed by atoms with Gasteiger partial charge in [0.2, 0.25) is 5.91 Å². The van der Waals surface area contributed by atoms with Crippen LogP contribution in [0.3, 0.4) is 0 Å². The molecule has 2 amide bonds. The molecule has 0 radical (unpaired) electrons. The largest absolute Gasteiger partial charge is 0.497 e. The fourth-order valence-electron chi connectivity index (χ4n) is 2.90. The minimum atomic E-state index is -0.220. The third-order valence-electron chi connectivity index (χ3n) is 4.52. The van der Waals surface area contributed by atoms with Crippen molar-refractivity contribution in [2.45, 2.75) is 6.42 Å². The predicted octanol–water partition coefficient (Wildman–Crippen LogP) is 3.94. The van der Waals surface area contributed by atoms with E-state index < -0.39 is 0 Å². The molecule has 1 aliphatic rings. The van der Waals surface area contributed by atoms with E-state index in [-0.39, 0.29) is 24.8 Å². The molecule has 1 saturated heterocycles. The lowest BCUT2D eigenvalue weighted by Crippen LogP contribution is -2.31. The van der Waals surface area contributed by atoms with Gasteiger partial charge in [-0.15, -0.1) is 0 Å². The zero-order valence-electron chi connectivity index (χ0n) is 17.3. The van der Waals surface area contributed by atoms with E-state index in [2.05, 4.69) is 5.32 Å². The van der Waals surface area contributed by atoms with Gasteiger partial charge in [-0.3, -0.25) is 14.5 Å². The zero-order chi connectivity index (χ0) is 22.4. The maximum Gasteiger partial charge on any atom is 0.266 e. The van der Waals surface area contributed by atoms with Gasteiger partial charge in [0.15, 0.2) is 11.5 Å². The molecule has 9 heteroatoms. The number of carbonyl (C=O) groups excluding carboxylic acids is 2. The SMILES string of the molecule is COc1ccc(NC(=O)CCN2C(=O)C(=Cc3ccc(OC)c(OC)c3)SC2=S)cc1. The molecule has 1 aliphatic heterocycles. The summed E-state index contributed by atoms with van der Waals surface area (Å²) in [5.41, 5.74) is 1.44. The summed E-state index contributed by atoms with van der Waals surface area (Å²) in [6, 6.07) is 12.4. The number of rotatable bonds is 8. The number of amides is 2. The van der Waals surface area contributed by atoms with E-state index in [0.717, 1.165) is 5.56 Å². The number of hydrogen-bond acceptors (Lipinski definition) is 7. The van der Waals surface area contributed by atoms with Crippen LogP contribution < -0.4 is 19.5 Å². The van der Waals surface area contributed by atoms with Crippen LogP contribution in [0, 0.1) is 0 Å². The Hall–Kier alpha value is -3.04. The Bertz CT molecular complexity index is 1020. The van der Waals surface area contributed by atoms with Crippen molar-refractivity contribution in [1.29, 1.82) is 0 Å². The van der Waals surface area contributed by atoms with Gasteiger partial charge in [0.25, 0.3) is 5.91 Å². The van der Waals surface area contributed by atoms with Crippen LogP contribution in [0.2, 0.25) is 0 Å². The maximum atomic E-state index is 12.8. The van der Waals surface area contributed by atoms with Gasteiger partial charge in [0.1, 0.15) is 10.1 Å². The number of thiocarbonyl (C=S) groups is 1. The first-order valence-corrected chi connectivity index (χ1v) is 10.6. The van der Waals surface area contributed by atoms with E-state index in [4.69, 9.17) is 26.4 Å². The number of hydrogen-bond donors (Lipinski definition) is 1. The van der Waals surface area contributed by atoms with Crippen molar-refractivity contribution in [2.24, 2.45) is 0 Å². The van der Waals surface area contributed by atoms with Crippen LogP contribution in [0.15, 0.2) is 47.4 Å². The summed E-state index contributed by atoms with van der Waals surface area (Å²) in [5.74, 6) is 1.46. The molecule has 31 heavy (non-hydrogen) atoms. The predicted molar refractivity (Wildman–Crippen MR) is 126 cm³/mol. The molecule has 0 bridgehead atoms. The molecule has 0 atom stereocenters. The molecule has 0 unspecified atom stereocenters. The highest BCUT2D eigenvalue weighted by molar-refractivity contribution is 8.26. The average molecular weight is 459 g/mol. The number of thioether (sulfide) groups is 1. The summed E-state index contributed by atoms with van der Waals surface area (Å²) in [4.78, 5) is 27.0. The number of nitrogens with one attached hydrogen (secondary N) is 1. The highest BCUT2D eigenvalue weighted by Gasteiger charge is 2.32. The van der Waals surface area contributed by atoms with Crippen LogP contribution in [0.1, 0.15) is 12.0 Å². The number of benzene rings is 2. The van der Waals surface area contributed by atoms with Gasteiger partial charge in [-0.2, -0.15) is 0 Å². The van der Waals surface area contributed by atoms with E-state index >= 15 is 0 Å². The number of methoxy groups -OCH3 is 3. The second-order valence-corrected chi connectivity index (χ2v) is 8.15. The third kappa shape index (κ3) is 5.56. The second-order valence-electron chi connectivity index (χ2n) is 6.47. The highest BCUT2D eigenvalue weighted by atomic mass is 32.2. The molecule has 162 valence electrons. The Morgan fingerprint density at radius 2 is 1.77 bits per heavy atom. The first-order chi connectivity index (χ1) is 14.9. The number of anilines is 1. The smallest absolute Gasteiger partial charge is 0.266 e. The Morgan fingerprint density at radius 3 is 2.42 bits per heavy atom. The van der Waals surface area contributed by atoms with Gasteiger partial charge in [-0.1, -0.05) is 30.0 Å². The number of ether oxygens (including phenoxy) is 3. The van der Waals surface area contributed by atoms with E-state index in [1.165, 1.54) is 16.7 Å². The average Bonchev–Trinajstić information content (AvgIpc) is 3.04. The summed E-state index contributed by atoms with van der Waals surface area (Å²) in [7, 11) is 4.70. The molecule has 1 fully saturated rings. The van der Waals surface area contributed by atoms with E-state index in [1.807, 2.05) is 6.07 Å². The molecule has 2 aromatic rings. The highest BCUT2D eigenvalue weighted by Crippen LogP contribution is 2.34. The van der Waals surface area contributed by atoms with Gasteiger partial charge in [-0.25, -0.2) is 0 Å². The lowest BCUT2D eigenvalue weighted by atomic mass is 10.2. The summed E-state index contributed by atoms with van der Waals surface area (Å²) in [5, 5.41) is 2.80. The van der Waals surface area contributed by atoms with Gasteiger partial charge < -0.3 is 19.5 Å². The zero-order valence-corrected chi connectivity index (χ0v) is 19.0. The van der Waals surface area contributed by atoms with Crippen LogP contribution in [0.4, 0.5) is 5.69 Å². The van der Waals surface area contributed by atoms with Crippen LogP contribution in [-0.4, -0.2) is 48.9 Å². The monoisotopic (exact) mass is 458 g/mol. The van der Waals surface area contributed by atoms with Crippen molar-refractivity contribution >= 4 is 51.9 Å². The summed E-state index contributed by atoms with van der Waals surface area (Å²) in [6.45, 7) is 0.204. The Labute approximate surface area is 190 Å². The minimum absolute atomic E-state index is 0.127. The van der Waals surface area contributed by atoms with Gasteiger partial charge >= 0.3 is 0 Å². The van der Waals surface area contributed by atoms with Gasteiger partial charge in [-0.05, 0) is 48.0 Å². The van der Waals surface area contributed by atoms with Crippen molar-refractivity contribution in [1.82, 2.24) is 4.90 Å². The topological polar surface area (TPSA) is 77.1 Å². The molecule has 1 N–H and O–H groups in total. The standard InChI is InChI=1S/C22H22N2O5S2/c1-27-16-7-5-15(6-8-16)23-20(25)10-11-24-21(26)19(31-22(24)30)13-14-4-9-17(28-2)18(12-14)29-3/h4-9,12-13H,10-11H2,1-3H3,(H,23,25). The van der Waals surface area contributed by atoms with Crippen molar-refractivity contribution in [3.8, 4) is 17.2 Å². The van der Waals surface area contributed by atoms with E-state index in [1.54, 1.807) is 63.8 Å². The third-order valence-corrected chi connectivity index (χ3v) is 5.89. The Kier molecular flexibility index (Phi) is 7.54. The maximum absolute atomic E-state index is 12.8. The Morgan fingerprint density at radius 1 is 1.06 bits per heavy atom. The molecule has 1 heterocycles. The molecule has 2 aromatic carbocycles. The summed E-state index contributed by atoms with van der Waals surface area (Å²) < 4.78 is 16.1. The van der Waals surface area contributed by atoms with Crippen LogP contribution >= 0.6 is 24.0 Å². The van der Waals surface area contributed by atoms with Crippen molar-refractivity contribution in [2.75, 3.05) is 33.2 Å². The van der Waals surface area contributed by atoms with Gasteiger partial charge in [0.05, 0.1) is 26.2 Å². The second kappa shape index (κ2) is 10.3.